The number of hydrogen-bond donors (Lipinski definition) is 1. The van der Waals surface area contributed by atoms with Gasteiger partial charge in [-0.2, -0.15) is 0 Å². The fourth-order valence-electron chi connectivity index (χ4n) is 1.61. The first kappa shape index (κ1) is 13.1. The summed E-state index contributed by atoms with van der Waals surface area (Å²) >= 11 is 3.32. The molecule has 0 unspecified atom stereocenters. The molecule has 0 bridgehead atoms. The Morgan fingerprint density at radius 1 is 1.06 bits per heavy atom. The molecule has 0 fully saturated rings. The van der Waals surface area contributed by atoms with Crippen molar-refractivity contribution in [2.24, 2.45) is 0 Å². The van der Waals surface area contributed by atoms with Crippen LogP contribution >= 0.6 is 15.9 Å². The van der Waals surface area contributed by atoms with Crippen LogP contribution in [-0.2, 0) is 13.1 Å². The number of rotatable bonds is 5. The Balaban J connectivity index is 1.82. The van der Waals surface area contributed by atoms with Crippen molar-refractivity contribution in [3.63, 3.8) is 0 Å². The van der Waals surface area contributed by atoms with Crippen LogP contribution in [0.15, 0.2) is 47.2 Å². The molecule has 0 radical (unpaired) electrons. The van der Waals surface area contributed by atoms with Crippen LogP contribution in [0.3, 0.4) is 0 Å². The third-order valence-electron chi connectivity index (χ3n) is 2.61. The number of nitrogens with zero attached hydrogens (tertiary/aromatic N) is 1. The van der Waals surface area contributed by atoms with E-state index in [4.69, 9.17) is 4.74 Å². The van der Waals surface area contributed by atoms with Gasteiger partial charge in [0.05, 0.1) is 7.11 Å². The molecule has 0 aliphatic carbocycles. The summed E-state index contributed by atoms with van der Waals surface area (Å²) < 4.78 is 5.98. The average molecular weight is 307 g/mol. The van der Waals surface area contributed by atoms with Gasteiger partial charge in [0, 0.05) is 19.3 Å². The van der Waals surface area contributed by atoms with Gasteiger partial charge in [-0.05, 0) is 45.3 Å². The van der Waals surface area contributed by atoms with Crippen LogP contribution < -0.4 is 10.1 Å². The fourth-order valence-corrected chi connectivity index (χ4v) is 1.84. The lowest BCUT2D eigenvalue weighted by atomic mass is 10.2. The Morgan fingerprint density at radius 3 is 2.33 bits per heavy atom. The van der Waals surface area contributed by atoms with Crippen LogP contribution in [0.4, 0.5) is 0 Å². The van der Waals surface area contributed by atoms with E-state index in [1.165, 1.54) is 11.1 Å². The van der Waals surface area contributed by atoms with Crippen molar-refractivity contribution in [3.05, 3.63) is 58.3 Å². The minimum Gasteiger partial charge on any atom is -0.497 e. The average Bonchev–Trinajstić information content (AvgIpc) is 2.42. The molecule has 0 spiro atoms. The molecule has 0 saturated carbocycles. The molecule has 94 valence electrons. The Morgan fingerprint density at radius 2 is 1.72 bits per heavy atom. The van der Waals surface area contributed by atoms with E-state index in [9.17, 15) is 0 Å². The molecule has 3 nitrogen and oxygen atoms in total. The highest BCUT2D eigenvalue weighted by atomic mass is 79.9. The van der Waals surface area contributed by atoms with Gasteiger partial charge in [-0.15, -0.1) is 0 Å². The topological polar surface area (TPSA) is 34.1 Å². The van der Waals surface area contributed by atoms with Crippen LogP contribution in [0.1, 0.15) is 11.1 Å². The highest BCUT2D eigenvalue weighted by Crippen LogP contribution is 2.11. The van der Waals surface area contributed by atoms with Gasteiger partial charge < -0.3 is 10.1 Å². The number of ether oxygens (including phenoxy) is 1. The molecule has 4 heteroatoms. The van der Waals surface area contributed by atoms with Gasteiger partial charge in [0.1, 0.15) is 10.4 Å². The number of pyridine rings is 1. The number of halogens is 1. The molecule has 1 heterocycles. The van der Waals surface area contributed by atoms with Crippen LogP contribution in [-0.4, -0.2) is 12.1 Å². The van der Waals surface area contributed by atoms with E-state index in [-0.39, 0.29) is 0 Å². The molecule has 2 rings (SSSR count). The molecular formula is C14H15BrN2O. The van der Waals surface area contributed by atoms with Gasteiger partial charge in [-0.3, -0.25) is 0 Å². The normalized spacial score (nSPS) is 10.3. The highest BCUT2D eigenvalue weighted by molar-refractivity contribution is 9.10. The first-order valence-electron chi connectivity index (χ1n) is 5.72. The SMILES string of the molecule is COc1ccc(CNCc2ccc(Br)nc2)cc1. The molecule has 0 aliphatic rings. The molecule has 1 N–H and O–H groups in total. The third-order valence-corrected chi connectivity index (χ3v) is 3.08. The minimum atomic E-state index is 0.812. The molecule has 0 aliphatic heterocycles. The Hall–Kier alpha value is -1.39. The van der Waals surface area contributed by atoms with E-state index in [2.05, 4.69) is 44.4 Å². The maximum absolute atomic E-state index is 5.12. The highest BCUT2D eigenvalue weighted by Gasteiger charge is 1.96. The largest absolute Gasteiger partial charge is 0.497 e. The number of hydrogen-bond acceptors (Lipinski definition) is 3. The third kappa shape index (κ3) is 3.82. The van der Waals surface area contributed by atoms with Gasteiger partial charge in [-0.25, -0.2) is 4.98 Å². The fraction of sp³-hybridized carbons (Fsp3) is 0.214. The molecule has 0 saturated heterocycles. The number of aromatic nitrogens is 1. The Kier molecular flexibility index (Phi) is 4.73. The minimum absolute atomic E-state index is 0.812. The van der Waals surface area contributed by atoms with Crippen molar-refractivity contribution < 1.29 is 4.74 Å². The molecule has 2 aromatic rings. The summed E-state index contributed by atoms with van der Waals surface area (Å²) in [5.74, 6) is 0.885. The second-order valence-electron chi connectivity index (χ2n) is 3.94. The van der Waals surface area contributed by atoms with E-state index in [0.29, 0.717) is 0 Å². The number of nitrogens with one attached hydrogen (secondary N) is 1. The smallest absolute Gasteiger partial charge is 0.118 e. The van der Waals surface area contributed by atoms with Crippen molar-refractivity contribution in [3.8, 4) is 5.75 Å². The summed E-state index contributed by atoms with van der Waals surface area (Å²) in [5, 5.41) is 3.38. The van der Waals surface area contributed by atoms with E-state index in [1.807, 2.05) is 24.4 Å². The molecule has 18 heavy (non-hydrogen) atoms. The van der Waals surface area contributed by atoms with Crippen LogP contribution in [0.2, 0.25) is 0 Å². The molecule has 0 amide bonds. The van der Waals surface area contributed by atoms with Crippen LogP contribution in [0.5, 0.6) is 5.75 Å². The van der Waals surface area contributed by atoms with E-state index >= 15 is 0 Å². The predicted molar refractivity (Wildman–Crippen MR) is 75.5 cm³/mol. The number of methoxy groups -OCH3 is 1. The maximum atomic E-state index is 5.12. The van der Waals surface area contributed by atoms with E-state index < -0.39 is 0 Å². The molecule has 0 atom stereocenters. The second-order valence-corrected chi connectivity index (χ2v) is 4.75. The molecule has 1 aromatic carbocycles. The molecule has 1 aromatic heterocycles. The summed E-state index contributed by atoms with van der Waals surface area (Å²) in [7, 11) is 1.67. The van der Waals surface area contributed by atoms with Crippen molar-refractivity contribution in [2.45, 2.75) is 13.1 Å². The van der Waals surface area contributed by atoms with Gasteiger partial charge in [0.25, 0.3) is 0 Å². The van der Waals surface area contributed by atoms with Gasteiger partial charge in [0.15, 0.2) is 0 Å². The van der Waals surface area contributed by atoms with E-state index in [1.54, 1.807) is 7.11 Å². The molecular weight excluding hydrogens is 292 g/mol. The first-order chi connectivity index (χ1) is 8.78. The van der Waals surface area contributed by atoms with Gasteiger partial charge in [-0.1, -0.05) is 18.2 Å². The van der Waals surface area contributed by atoms with Crippen molar-refractivity contribution in [2.75, 3.05) is 7.11 Å². The summed E-state index contributed by atoms with van der Waals surface area (Å²) in [4.78, 5) is 4.19. The van der Waals surface area contributed by atoms with Crippen LogP contribution in [0.25, 0.3) is 0 Å². The summed E-state index contributed by atoms with van der Waals surface area (Å²) in [6.07, 6.45) is 1.87. The van der Waals surface area contributed by atoms with E-state index in [0.717, 1.165) is 23.4 Å². The first-order valence-corrected chi connectivity index (χ1v) is 6.51. The van der Waals surface area contributed by atoms with Crippen LogP contribution in [0, 0.1) is 0 Å². The standard InChI is InChI=1S/C14H15BrN2O/c1-18-13-5-2-11(3-6-13)8-16-9-12-4-7-14(15)17-10-12/h2-7,10,16H,8-9H2,1H3. The van der Waals surface area contributed by atoms with Gasteiger partial charge in [0.2, 0.25) is 0 Å². The predicted octanol–water partition coefficient (Wildman–Crippen LogP) is 3.14. The zero-order chi connectivity index (χ0) is 12.8. The van der Waals surface area contributed by atoms with Gasteiger partial charge >= 0.3 is 0 Å². The lowest BCUT2D eigenvalue weighted by Crippen LogP contribution is -2.12. The Bertz CT molecular complexity index is 482. The Labute approximate surface area is 115 Å². The lowest BCUT2D eigenvalue weighted by molar-refractivity contribution is 0.414. The van der Waals surface area contributed by atoms with Crippen molar-refractivity contribution in [1.82, 2.24) is 10.3 Å². The zero-order valence-electron chi connectivity index (χ0n) is 10.2. The summed E-state index contributed by atoms with van der Waals surface area (Å²) in [6.45, 7) is 1.65. The number of benzene rings is 1. The maximum Gasteiger partial charge on any atom is 0.118 e. The quantitative estimate of drug-likeness (QED) is 0.862. The zero-order valence-corrected chi connectivity index (χ0v) is 11.8. The van der Waals surface area contributed by atoms with Crippen molar-refractivity contribution >= 4 is 15.9 Å². The summed E-state index contributed by atoms with van der Waals surface area (Å²) in [5.41, 5.74) is 2.41. The summed E-state index contributed by atoms with van der Waals surface area (Å²) in [6, 6.07) is 12.1. The second kappa shape index (κ2) is 6.52. The van der Waals surface area contributed by atoms with Crippen molar-refractivity contribution in [1.29, 1.82) is 0 Å². The lowest BCUT2D eigenvalue weighted by Gasteiger charge is -2.06. The monoisotopic (exact) mass is 306 g/mol.